The highest BCUT2D eigenvalue weighted by atomic mass is 35.5. The Labute approximate surface area is 141 Å². The third-order valence-corrected chi connectivity index (χ3v) is 4.53. The highest BCUT2D eigenvalue weighted by molar-refractivity contribution is 6.31. The summed E-state index contributed by atoms with van der Waals surface area (Å²) in [5, 5.41) is 3.67. The van der Waals surface area contributed by atoms with Crippen molar-refractivity contribution in [3.8, 4) is 0 Å². The minimum Gasteiger partial charge on any atom is -0.354 e. The van der Waals surface area contributed by atoms with Crippen molar-refractivity contribution in [1.82, 2.24) is 10.3 Å². The molecule has 0 aliphatic carbocycles. The van der Waals surface area contributed by atoms with Crippen molar-refractivity contribution in [1.29, 1.82) is 0 Å². The lowest BCUT2D eigenvalue weighted by atomic mass is 10.1. The zero-order valence-electron chi connectivity index (χ0n) is 12.9. The Morgan fingerprint density at radius 1 is 1.26 bits per heavy atom. The van der Waals surface area contributed by atoms with E-state index in [2.05, 4.69) is 15.2 Å². The molecule has 1 aliphatic rings. The van der Waals surface area contributed by atoms with Crippen molar-refractivity contribution in [2.45, 2.75) is 25.3 Å². The van der Waals surface area contributed by atoms with Crippen molar-refractivity contribution in [3.63, 3.8) is 0 Å². The van der Waals surface area contributed by atoms with E-state index in [1.54, 1.807) is 6.20 Å². The molecule has 1 unspecified atom stereocenters. The number of amides is 1. The molecule has 1 aromatic heterocycles. The lowest BCUT2D eigenvalue weighted by molar-refractivity contribution is -0.120. The molecule has 0 bridgehead atoms. The molecule has 1 atom stereocenters. The summed E-state index contributed by atoms with van der Waals surface area (Å²) in [6, 6.07) is 13.7. The number of halogens is 1. The molecule has 2 aromatic rings. The third-order valence-electron chi connectivity index (χ3n) is 4.16. The molecule has 0 radical (unpaired) electrons. The second kappa shape index (κ2) is 7.47. The lowest BCUT2D eigenvalue weighted by Gasteiger charge is -2.25. The summed E-state index contributed by atoms with van der Waals surface area (Å²) in [5.41, 5.74) is 0.861. The van der Waals surface area contributed by atoms with Gasteiger partial charge in [0, 0.05) is 30.4 Å². The van der Waals surface area contributed by atoms with Gasteiger partial charge in [-0.1, -0.05) is 35.9 Å². The van der Waals surface area contributed by atoms with Crippen LogP contribution in [-0.2, 0) is 11.2 Å². The van der Waals surface area contributed by atoms with Crippen molar-refractivity contribution in [3.05, 3.63) is 59.2 Å². The van der Waals surface area contributed by atoms with Gasteiger partial charge in [-0.05, 0) is 36.6 Å². The minimum absolute atomic E-state index is 0.00553. The summed E-state index contributed by atoms with van der Waals surface area (Å²) in [5.74, 6) is 0.987. The molecule has 0 saturated carbocycles. The number of pyridine rings is 1. The number of nitrogens with zero attached hydrogens (tertiary/aromatic N) is 2. The van der Waals surface area contributed by atoms with Gasteiger partial charge in [-0.15, -0.1) is 0 Å². The number of aromatic nitrogens is 1. The van der Waals surface area contributed by atoms with E-state index >= 15 is 0 Å². The molecule has 3 rings (SSSR count). The van der Waals surface area contributed by atoms with Crippen LogP contribution in [0, 0.1) is 0 Å². The van der Waals surface area contributed by atoms with Gasteiger partial charge in [0.15, 0.2) is 0 Å². The summed E-state index contributed by atoms with van der Waals surface area (Å²) in [6.07, 6.45) is 4.32. The standard InChI is InChI=1S/C18H20ClN3O/c19-16-8-2-1-6-14(16)12-18(23)21-13-15-7-5-11-22(15)17-9-3-4-10-20-17/h1-4,6,8-10,15H,5,7,11-13H2,(H,21,23). The van der Waals surface area contributed by atoms with Crippen molar-refractivity contribution in [2.24, 2.45) is 0 Å². The van der Waals surface area contributed by atoms with Crippen LogP contribution in [0.5, 0.6) is 0 Å². The number of hydrogen-bond donors (Lipinski definition) is 1. The van der Waals surface area contributed by atoms with Gasteiger partial charge in [0.1, 0.15) is 5.82 Å². The van der Waals surface area contributed by atoms with E-state index in [4.69, 9.17) is 11.6 Å². The fourth-order valence-corrected chi connectivity index (χ4v) is 3.18. The molecule has 0 spiro atoms. The molecule has 1 aliphatic heterocycles. The first-order chi connectivity index (χ1) is 11.2. The number of hydrogen-bond acceptors (Lipinski definition) is 3. The minimum atomic E-state index is 0.00553. The zero-order chi connectivity index (χ0) is 16.1. The fraction of sp³-hybridized carbons (Fsp3) is 0.333. The molecule has 23 heavy (non-hydrogen) atoms. The first-order valence-electron chi connectivity index (χ1n) is 7.92. The number of carbonyl (C=O) groups is 1. The van der Waals surface area contributed by atoms with E-state index < -0.39 is 0 Å². The second-order valence-electron chi connectivity index (χ2n) is 5.75. The maximum absolute atomic E-state index is 12.2. The monoisotopic (exact) mass is 329 g/mol. The molecule has 1 fully saturated rings. The predicted molar refractivity (Wildman–Crippen MR) is 92.8 cm³/mol. The third kappa shape index (κ3) is 4.02. The number of carbonyl (C=O) groups excluding carboxylic acids is 1. The van der Waals surface area contributed by atoms with Crippen LogP contribution in [0.15, 0.2) is 48.7 Å². The van der Waals surface area contributed by atoms with Crippen LogP contribution in [0.2, 0.25) is 5.02 Å². The molecule has 1 N–H and O–H groups in total. The Bertz CT molecular complexity index is 662. The topological polar surface area (TPSA) is 45.2 Å². The molecule has 5 heteroatoms. The summed E-state index contributed by atoms with van der Waals surface area (Å²) in [4.78, 5) is 18.8. The van der Waals surface area contributed by atoms with Crippen LogP contribution in [0.1, 0.15) is 18.4 Å². The molecular formula is C18H20ClN3O. The fourth-order valence-electron chi connectivity index (χ4n) is 2.98. The highest BCUT2D eigenvalue weighted by Crippen LogP contribution is 2.23. The zero-order valence-corrected chi connectivity index (χ0v) is 13.7. The van der Waals surface area contributed by atoms with E-state index in [0.717, 1.165) is 30.8 Å². The number of rotatable bonds is 5. The Balaban J connectivity index is 1.55. The molecule has 1 aromatic carbocycles. The molecule has 2 heterocycles. The van der Waals surface area contributed by atoms with Gasteiger partial charge in [0.2, 0.25) is 5.91 Å². The van der Waals surface area contributed by atoms with Crippen LogP contribution < -0.4 is 10.2 Å². The van der Waals surface area contributed by atoms with Crippen LogP contribution in [0.25, 0.3) is 0 Å². The van der Waals surface area contributed by atoms with Gasteiger partial charge >= 0.3 is 0 Å². The summed E-state index contributed by atoms with van der Waals surface area (Å²) in [6.45, 7) is 1.63. The van der Waals surface area contributed by atoms with Gasteiger partial charge in [0.25, 0.3) is 0 Å². The van der Waals surface area contributed by atoms with E-state index in [-0.39, 0.29) is 5.91 Å². The highest BCUT2D eigenvalue weighted by Gasteiger charge is 2.25. The Morgan fingerprint density at radius 3 is 2.87 bits per heavy atom. The maximum atomic E-state index is 12.2. The van der Waals surface area contributed by atoms with Gasteiger partial charge in [-0.25, -0.2) is 4.98 Å². The van der Waals surface area contributed by atoms with Crippen molar-refractivity contribution in [2.75, 3.05) is 18.0 Å². The Hall–Kier alpha value is -2.07. The SMILES string of the molecule is O=C(Cc1ccccc1Cl)NCC1CCCN1c1ccccn1. The van der Waals surface area contributed by atoms with E-state index in [9.17, 15) is 4.79 Å². The molecule has 1 amide bonds. The van der Waals surface area contributed by atoms with Gasteiger partial charge in [0.05, 0.1) is 6.42 Å². The number of nitrogens with one attached hydrogen (secondary N) is 1. The van der Waals surface area contributed by atoms with E-state index in [1.807, 2.05) is 42.5 Å². The van der Waals surface area contributed by atoms with Crippen molar-refractivity contribution < 1.29 is 4.79 Å². The predicted octanol–water partition coefficient (Wildman–Crippen LogP) is 3.06. The molecular weight excluding hydrogens is 310 g/mol. The first-order valence-corrected chi connectivity index (χ1v) is 8.29. The molecule has 1 saturated heterocycles. The van der Waals surface area contributed by atoms with Gasteiger partial charge in [-0.3, -0.25) is 4.79 Å². The molecule has 120 valence electrons. The average molecular weight is 330 g/mol. The smallest absolute Gasteiger partial charge is 0.224 e. The van der Waals surface area contributed by atoms with Crippen LogP contribution in [0.4, 0.5) is 5.82 Å². The van der Waals surface area contributed by atoms with Crippen LogP contribution in [0.3, 0.4) is 0 Å². The molecule has 4 nitrogen and oxygen atoms in total. The largest absolute Gasteiger partial charge is 0.354 e. The Morgan fingerprint density at radius 2 is 2.09 bits per heavy atom. The van der Waals surface area contributed by atoms with Crippen LogP contribution in [-0.4, -0.2) is 30.0 Å². The first kappa shape index (κ1) is 15.8. The number of benzene rings is 1. The second-order valence-corrected chi connectivity index (χ2v) is 6.16. The van der Waals surface area contributed by atoms with Crippen molar-refractivity contribution >= 4 is 23.3 Å². The Kier molecular flexibility index (Phi) is 5.13. The number of anilines is 1. The quantitative estimate of drug-likeness (QED) is 0.917. The normalized spacial score (nSPS) is 17.3. The van der Waals surface area contributed by atoms with Gasteiger partial charge in [-0.2, -0.15) is 0 Å². The van der Waals surface area contributed by atoms with E-state index in [1.165, 1.54) is 0 Å². The maximum Gasteiger partial charge on any atom is 0.224 e. The summed E-state index contributed by atoms with van der Waals surface area (Å²) < 4.78 is 0. The average Bonchev–Trinajstić information content (AvgIpc) is 3.04. The van der Waals surface area contributed by atoms with Gasteiger partial charge < -0.3 is 10.2 Å². The lowest BCUT2D eigenvalue weighted by Crippen LogP contribution is -2.41. The summed E-state index contributed by atoms with van der Waals surface area (Å²) in [7, 11) is 0. The van der Waals surface area contributed by atoms with Crippen LogP contribution >= 0.6 is 11.6 Å². The summed E-state index contributed by atoms with van der Waals surface area (Å²) >= 11 is 6.10. The van der Waals surface area contributed by atoms with E-state index in [0.29, 0.717) is 24.0 Å².